The van der Waals surface area contributed by atoms with Crippen LogP contribution in [0.3, 0.4) is 0 Å². The molecule has 0 atom stereocenters. The Morgan fingerprint density at radius 2 is 2.27 bits per heavy atom. The predicted octanol–water partition coefficient (Wildman–Crippen LogP) is 1.34. The highest BCUT2D eigenvalue weighted by molar-refractivity contribution is 14.1. The number of rotatable bonds is 1. The molecular weight excluding hydrogens is 276 g/mol. The largest absolute Gasteiger partial charge is 0.382 e. The van der Waals surface area contributed by atoms with Crippen LogP contribution in [0.2, 0.25) is 0 Å². The summed E-state index contributed by atoms with van der Waals surface area (Å²) in [6.45, 7) is 0. The molecule has 0 saturated heterocycles. The summed E-state index contributed by atoms with van der Waals surface area (Å²) < 4.78 is 2.94. The average molecular weight is 286 g/mol. The molecule has 0 saturated carbocycles. The standard InChI is InChI=1S/C6H8IN3.ClH/c1-10-3-4(7)2-5(10)6(8)9;/h2-3H,1H3,(H3,8,9);1H. The Morgan fingerprint density at radius 1 is 1.73 bits per heavy atom. The number of nitrogen functional groups attached to an aromatic ring is 1. The van der Waals surface area contributed by atoms with E-state index in [1.165, 1.54) is 0 Å². The summed E-state index contributed by atoms with van der Waals surface area (Å²) >= 11 is 2.19. The van der Waals surface area contributed by atoms with Crippen molar-refractivity contribution in [2.45, 2.75) is 0 Å². The van der Waals surface area contributed by atoms with Crippen molar-refractivity contribution in [3.63, 3.8) is 0 Å². The summed E-state index contributed by atoms with van der Waals surface area (Å²) in [6, 6.07) is 1.88. The van der Waals surface area contributed by atoms with Crippen molar-refractivity contribution < 1.29 is 0 Å². The molecule has 1 aromatic heterocycles. The lowest BCUT2D eigenvalue weighted by molar-refractivity contribution is 0.909. The fourth-order valence-corrected chi connectivity index (χ4v) is 1.50. The van der Waals surface area contributed by atoms with Crippen LogP contribution >= 0.6 is 35.0 Å². The number of nitrogens with zero attached hydrogens (tertiary/aromatic N) is 1. The van der Waals surface area contributed by atoms with Gasteiger partial charge in [-0.3, -0.25) is 5.41 Å². The van der Waals surface area contributed by atoms with Crippen molar-refractivity contribution >= 4 is 40.8 Å². The minimum Gasteiger partial charge on any atom is -0.382 e. The monoisotopic (exact) mass is 285 g/mol. The van der Waals surface area contributed by atoms with Crippen LogP contribution in [0.15, 0.2) is 12.3 Å². The maximum atomic E-state index is 7.14. The second kappa shape index (κ2) is 3.96. The molecule has 1 aromatic rings. The highest BCUT2D eigenvalue weighted by atomic mass is 127. The second-order valence-electron chi connectivity index (χ2n) is 2.07. The van der Waals surface area contributed by atoms with Crippen LogP contribution < -0.4 is 5.73 Å². The third-order valence-electron chi connectivity index (χ3n) is 1.25. The van der Waals surface area contributed by atoms with Gasteiger partial charge in [-0.2, -0.15) is 0 Å². The van der Waals surface area contributed by atoms with Gasteiger partial charge < -0.3 is 10.3 Å². The highest BCUT2D eigenvalue weighted by Gasteiger charge is 2.01. The van der Waals surface area contributed by atoms with E-state index in [0.29, 0.717) is 0 Å². The van der Waals surface area contributed by atoms with E-state index >= 15 is 0 Å². The van der Waals surface area contributed by atoms with Crippen molar-refractivity contribution in [1.29, 1.82) is 5.41 Å². The van der Waals surface area contributed by atoms with Gasteiger partial charge in [0, 0.05) is 16.8 Å². The number of hydrogen-bond acceptors (Lipinski definition) is 1. The average Bonchev–Trinajstić information content (AvgIpc) is 2.10. The molecule has 0 aromatic carbocycles. The van der Waals surface area contributed by atoms with Crippen LogP contribution in [0.4, 0.5) is 0 Å². The van der Waals surface area contributed by atoms with Crippen LogP contribution in [0.25, 0.3) is 0 Å². The first kappa shape index (κ1) is 10.8. The van der Waals surface area contributed by atoms with E-state index in [-0.39, 0.29) is 18.2 Å². The van der Waals surface area contributed by atoms with Crippen molar-refractivity contribution in [3.8, 4) is 0 Å². The first-order chi connectivity index (χ1) is 4.61. The highest BCUT2D eigenvalue weighted by Crippen LogP contribution is 2.08. The fourth-order valence-electron chi connectivity index (χ4n) is 0.792. The third kappa shape index (κ3) is 2.37. The van der Waals surface area contributed by atoms with Gasteiger partial charge in [0.15, 0.2) is 0 Å². The van der Waals surface area contributed by atoms with E-state index in [1.807, 2.05) is 23.9 Å². The molecule has 0 amide bonds. The SMILES string of the molecule is Cl.Cn1cc(I)cc1C(=N)N. The van der Waals surface area contributed by atoms with Crippen molar-refractivity contribution in [2.75, 3.05) is 0 Å². The Labute approximate surface area is 85.0 Å². The van der Waals surface area contributed by atoms with Gasteiger partial charge in [0.25, 0.3) is 0 Å². The minimum atomic E-state index is 0. The van der Waals surface area contributed by atoms with Crippen molar-refractivity contribution in [3.05, 3.63) is 21.5 Å². The first-order valence-electron chi connectivity index (χ1n) is 2.77. The molecule has 0 aliphatic heterocycles. The molecule has 11 heavy (non-hydrogen) atoms. The molecule has 1 heterocycles. The molecule has 1 rings (SSSR count). The molecule has 0 bridgehead atoms. The van der Waals surface area contributed by atoms with Crippen LogP contribution in [-0.2, 0) is 7.05 Å². The van der Waals surface area contributed by atoms with Gasteiger partial charge in [-0.05, 0) is 28.7 Å². The Balaban J connectivity index is 0.000001000. The summed E-state index contributed by atoms with van der Waals surface area (Å²) in [4.78, 5) is 0. The number of hydrogen-bond donors (Lipinski definition) is 2. The van der Waals surface area contributed by atoms with E-state index in [4.69, 9.17) is 11.1 Å². The molecule has 0 aliphatic rings. The molecular formula is C6H9ClIN3. The van der Waals surface area contributed by atoms with Crippen molar-refractivity contribution in [1.82, 2.24) is 4.57 Å². The van der Waals surface area contributed by atoms with E-state index in [9.17, 15) is 0 Å². The summed E-state index contributed by atoms with van der Waals surface area (Å²) in [5.41, 5.74) is 6.06. The molecule has 3 N–H and O–H groups in total. The lowest BCUT2D eigenvalue weighted by atomic mass is 10.4. The molecule has 62 valence electrons. The van der Waals surface area contributed by atoms with Gasteiger partial charge >= 0.3 is 0 Å². The van der Waals surface area contributed by atoms with Gasteiger partial charge in [-0.1, -0.05) is 0 Å². The molecule has 0 spiro atoms. The summed E-state index contributed by atoms with van der Waals surface area (Å²) in [6.07, 6.45) is 1.93. The van der Waals surface area contributed by atoms with Crippen LogP contribution in [0, 0.1) is 8.98 Å². The lowest BCUT2D eigenvalue weighted by Gasteiger charge is -1.96. The van der Waals surface area contributed by atoms with Gasteiger partial charge in [-0.25, -0.2) is 0 Å². The van der Waals surface area contributed by atoms with Crippen LogP contribution in [0.1, 0.15) is 5.69 Å². The van der Waals surface area contributed by atoms with E-state index in [0.717, 1.165) is 9.26 Å². The zero-order valence-electron chi connectivity index (χ0n) is 5.97. The summed E-state index contributed by atoms with van der Waals surface area (Å²) in [5, 5.41) is 7.14. The summed E-state index contributed by atoms with van der Waals surface area (Å²) in [7, 11) is 1.87. The Kier molecular flexibility index (Phi) is 3.88. The van der Waals surface area contributed by atoms with Gasteiger partial charge in [-0.15, -0.1) is 12.4 Å². The third-order valence-corrected chi connectivity index (χ3v) is 1.84. The number of aryl methyl sites for hydroxylation is 1. The van der Waals surface area contributed by atoms with E-state index in [2.05, 4.69) is 22.6 Å². The van der Waals surface area contributed by atoms with Gasteiger partial charge in [0.05, 0.1) is 5.69 Å². The van der Waals surface area contributed by atoms with Gasteiger partial charge in [0.2, 0.25) is 0 Å². The van der Waals surface area contributed by atoms with E-state index < -0.39 is 0 Å². The normalized spacial score (nSPS) is 8.91. The number of amidine groups is 1. The molecule has 0 unspecified atom stereocenters. The first-order valence-corrected chi connectivity index (χ1v) is 3.85. The predicted molar refractivity (Wildman–Crippen MR) is 56.4 cm³/mol. The maximum absolute atomic E-state index is 7.14. The number of nitrogens with one attached hydrogen (secondary N) is 1. The number of halogens is 2. The quantitative estimate of drug-likeness (QED) is 0.457. The fraction of sp³-hybridized carbons (Fsp3) is 0.167. The van der Waals surface area contributed by atoms with E-state index in [1.54, 1.807) is 0 Å². The number of nitrogens with two attached hydrogens (primary N) is 1. The molecule has 5 heteroatoms. The Morgan fingerprint density at radius 3 is 2.45 bits per heavy atom. The maximum Gasteiger partial charge on any atom is 0.139 e. The molecule has 0 fully saturated rings. The second-order valence-corrected chi connectivity index (χ2v) is 3.31. The Bertz CT molecular complexity index is 269. The topological polar surface area (TPSA) is 54.8 Å². The Hall–Kier alpha value is -0.230. The minimum absolute atomic E-state index is 0. The molecule has 0 aliphatic carbocycles. The summed E-state index contributed by atoms with van der Waals surface area (Å²) in [5.74, 6) is 0.116. The van der Waals surface area contributed by atoms with Crippen molar-refractivity contribution in [2.24, 2.45) is 12.8 Å². The van der Waals surface area contributed by atoms with Crippen LogP contribution in [-0.4, -0.2) is 10.4 Å². The molecule has 0 radical (unpaired) electrons. The number of aromatic nitrogens is 1. The molecule has 3 nitrogen and oxygen atoms in total. The van der Waals surface area contributed by atoms with Crippen LogP contribution in [0.5, 0.6) is 0 Å². The zero-order chi connectivity index (χ0) is 7.72. The smallest absolute Gasteiger partial charge is 0.139 e. The van der Waals surface area contributed by atoms with Gasteiger partial charge in [0.1, 0.15) is 5.84 Å². The zero-order valence-corrected chi connectivity index (χ0v) is 8.94. The lowest BCUT2D eigenvalue weighted by Crippen LogP contribution is -2.14.